The molecule has 2 aromatic rings. The highest BCUT2D eigenvalue weighted by atomic mass is 79.9. The normalized spacial score (nSPS) is 19.2. The Morgan fingerprint density at radius 3 is 2.89 bits per heavy atom. The molecule has 0 fully saturated rings. The summed E-state index contributed by atoms with van der Waals surface area (Å²) in [5, 5.41) is 9.36. The number of nitrogens with two attached hydrogens (primary N) is 1. The summed E-state index contributed by atoms with van der Waals surface area (Å²) in [7, 11) is 0. The molecular formula is C14H13BrN4. The van der Waals surface area contributed by atoms with Crippen LogP contribution in [0.4, 0.5) is 0 Å². The third kappa shape index (κ3) is 2.14. The summed E-state index contributed by atoms with van der Waals surface area (Å²) in [5.41, 5.74) is 8.69. The van der Waals surface area contributed by atoms with Crippen molar-refractivity contribution in [2.24, 2.45) is 21.9 Å². The highest BCUT2D eigenvalue weighted by Crippen LogP contribution is 2.27. The van der Waals surface area contributed by atoms with E-state index in [0.29, 0.717) is 5.84 Å². The number of rotatable bonds is 1. The van der Waals surface area contributed by atoms with Crippen molar-refractivity contribution in [2.75, 3.05) is 0 Å². The fraction of sp³-hybridized carbons (Fsp3) is 0.214. The molecule has 1 aromatic heterocycles. The first-order valence-electron chi connectivity index (χ1n) is 6.10. The van der Waals surface area contributed by atoms with Gasteiger partial charge in [0.05, 0.1) is 11.2 Å². The molecule has 0 aliphatic carbocycles. The van der Waals surface area contributed by atoms with E-state index in [1.165, 1.54) is 0 Å². The molecule has 5 heteroatoms. The van der Waals surface area contributed by atoms with E-state index in [0.717, 1.165) is 33.1 Å². The Hall–Kier alpha value is -1.75. The smallest absolute Gasteiger partial charge is 0.125 e. The van der Waals surface area contributed by atoms with E-state index < -0.39 is 0 Å². The minimum atomic E-state index is 0.218. The maximum absolute atomic E-state index is 5.78. The Kier molecular flexibility index (Phi) is 3.06. The molecule has 1 aromatic carbocycles. The van der Waals surface area contributed by atoms with Crippen molar-refractivity contribution >= 4 is 38.4 Å². The molecule has 0 saturated carbocycles. The van der Waals surface area contributed by atoms with Crippen molar-refractivity contribution in [3.63, 3.8) is 0 Å². The first-order chi connectivity index (χ1) is 9.16. The number of benzene rings is 1. The summed E-state index contributed by atoms with van der Waals surface area (Å²) < 4.78 is 1.03. The molecule has 2 N–H and O–H groups in total. The lowest BCUT2D eigenvalue weighted by Gasteiger charge is -2.17. The average Bonchev–Trinajstić information content (AvgIpc) is 2.43. The van der Waals surface area contributed by atoms with Gasteiger partial charge in [-0.1, -0.05) is 28.9 Å². The van der Waals surface area contributed by atoms with Gasteiger partial charge in [0.25, 0.3) is 0 Å². The minimum absolute atomic E-state index is 0.218. The zero-order valence-electron chi connectivity index (χ0n) is 10.5. The van der Waals surface area contributed by atoms with Gasteiger partial charge < -0.3 is 5.73 Å². The third-order valence-corrected chi connectivity index (χ3v) is 4.01. The fourth-order valence-corrected chi connectivity index (χ4v) is 2.64. The van der Waals surface area contributed by atoms with Crippen LogP contribution in [0, 0.1) is 5.92 Å². The SMILES string of the molecule is CC1CC(c2ccc(Br)c3cccnc23)=NN=C1N. The lowest BCUT2D eigenvalue weighted by Crippen LogP contribution is -2.27. The molecule has 1 aliphatic heterocycles. The van der Waals surface area contributed by atoms with Crippen molar-refractivity contribution in [1.29, 1.82) is 0 Å². The Labute approximate surface area is 119 Å². The molecule has 1 atom stereocenters. The quantitative estimate of drug-likeness (QED) is 0.878. The van der Waals surface area contributed by atoms with Crippen LogP contribution in [0.1, 0.15) is 18.9 Å². The van der Waals surface area contributed by atoms with Gasteiger partial charge in [0.2, 0.25) is 0 Å². The Bertz CT molecular complexity index is 706. The highest BCUT2D eigenvalue weighted by Gasteiger charge is 2.19. The highest BCUT2D eigenvalue weighted by molar-refractivity contribution is 9.10. The zero-order chi connectivity index (χ0) is 13.4. The minimum Gasteiger partial charge on any atom is -0.385 e. The molecule has 0 radical (unpaired) electrons. The number of fused-ring (bicyclic) bond motifs is 1. The molecule has 19 heavy (non-hydrogen) atoms. The lowest BCUT2D eigenvalue weighted by molar-refractivity contribution is 0.780. The fourth-order valence-electron chi connectivity index (χ4n) is 2.19. The Morgan fingerprint density at radius 2 is 2.11 bits per heavy atom. The van der Waals surface area contributed by atoms with Crippen LogP contribution in [0.3, 0.4) is 0 Å². The third-order valence-electron chi connectivity index (χ3n) is 3.32. The van der Waals surface area contributed by atoms with Crippen LogP contribution in [-0.4, -0.2) is 16.5 Å². The van der Waals surface area contributed by atoms with E-state index >= 15 is 0 Å². The second-order valence-corrected chi connectivity index (χ2v) is 5.53. The number of pyridine rings is 1. The van der Waals surface area contributed by atoms with Gasteiger partial charge in [-0.2, -0.15) is 5.10 Å². The maximum Gasteiger partial charge on any atom is 0.125 e. The number of halogens is 1. The van der Waals surface area contributed by atoms with Crippen molar-refractivity contribution in [1.82, 2.24) is 4.98 Å². The Balaban J connectivity index is 2.20. The average molecular weight is 317 g/mol. The molecule has 3 rings (SSSR count). The van der Waals surface area contributed by atoms with Crippen LogP contribution >= 0.6 is 15.9 Å². The number of nitrogens with zero attached hydrogens (tertiary/aromatic N) is 3. The van der Waals surface area contributed by atoms with Gasteiger partial charge in [0.1, 0.15) is 5.84 Å². The molecular weight excluding hydrogens is 304 g/mol. The zero-order valence-corrected chi connectivity index (χ0v) is 12.1. The molecule has 0 spiro atoms. The van der Waals surface area contributed by atoms with E-state index in [9.17, 15) is 0 Å². The number of hydrogen-bond acceptors (Lipinski definition) is 4. The lowest BCUT2D eigenvalue weighted by atomic mass is 9.95. The molecule has 96 valence electrons. The summed E-state index contributed by atoms with van der Waals surface area (Å²) in [5.74, 6) is 0.813. The van der Waals surface area contributed by atoms with Crippen LogP contribution in [-0.2, 0) is 0 Å². The first kappa shape index (κ1) is 12.3. The molecule has 1 aliphatic rings. The van der Waals surface area contributed by atoms with Crippen molar-refractivity contribution in [3.8, 4) is 0 Å². The molecule has 0 saturated heterocycles. The van der Waals surface area contributed by atoms with Gasteiger partial charge >= 0.3 is 0 Å². The Morgan fingerprint density at radius 1 is 1.26 bits per heavy atom. The van der Waals surface area contributed by atoms with Gasteiger partial charge in [-0.25, -0.2) is 0 Å². The number of amidine groups is 1. The van der Waals surface area contributed by atoms with Crippen LogP contribution in [0.2, 0.25) is 0 Å². The van der Waals surface area contributed by atoms with Gasteiger partial charge in [0, 0.05) is 34.0 Å². The summed E-state index contributed by atoms with van der Waals surface area (Å²) in [6.07, 6.45) is 2.59. The molecule has 1 unspecified atom stereocenters. The van der Waals surface area contributed by atoms with Crippen LogP contribution in [0.15, 0.2) is 45.1 Å². The van der Waals surface area contributed by atoms with E-state index in [2.05, 4.69) is 38.0 Å². The predicted octanol–water partition coefficient (Wildman–Crippen LogP) is 3.10. The second-order valence-electron chi connectivity index (χ2n) is 4.67. The molecule has 2 heterocycles. The van der Waals surface area contributed by atoms with E-state index in [4.69, 9.17) is 5.73 Å². The van der Waals surface area contributed by atoms with Crippen LogP contribution < -0.4 is 5.73 Å². The van der Waals surface area contributed by atoms with Gasteiger partial charge in [-0.05, 0) is 18.2 Å². The van der Waals surface area contributed by atoms with Gasteiger partial charge in [-0.3, -0.25) is 4.98 Å². The van der Waals surface area contributed by atoms with E-state index in [1.807, 2.05) is 24.3 Å². The summed E-state index contributed by atoms with van der Waals surface area (Å²) >= 11 is 3.55. The molecule has 0 amide bonds. The number of aromatic nitrogens is 1. The largest absolute Gasteiger partial charge is 0.385 e. The van der Waals surface area contributed by atoms with Crippen molar-refractivity contribution in [3.05, 3.63) is 40.5 Å². The van der Waals surface area contributed by atoms with E-state index in [1.54, 1.807) is 6.20 Å². The van der Waals surface area contributed by atoms with Crippen molar-refractivity contribution < 1.29 is 0 Å². The molecule has 4 nitrogen and oxygen atoms in total. The monoisotopic (exact) mass is 316 g/mol. The van der Waals surface area contributed by atoms with Crippen LogP contribution in [0.25, 0.3) is 10.9 Å². The molecule has 0 bridgehead atoms. The van der Waals surface area contributed by atoms with Gasteiger partial charge in [-0.15, -0.1) is 5.10 Å². The standard InChI is InChI=1S/C14H13BrN4/c1-8-7-12(18-19-14(8)16)10-4-5-11(15)9-3-2-6-17-13(9)10/h2-6,8H,7H2,1H3,(H2,16,19). The second kappa shape index (κ2) is 4.74. The van der Waals surface area contributed by atoms with Gasteiger partial charge in [0.15, 0.2) is 0 Å². The number of hydrogen-bond donors (Lipinski definition) is 1. The van der Waals surface area contributed by atoms with Crippen molar-refractivity contribution in [2.45, 2.75) is 13.3 Å². The first-order valence-corrected chi connectivity index (χ1v) is 6.89. The van der Waals surface area contributed by atoms with Crippen LogP contribution in [0.5, 0.6) is 0 Å². The maximum atomic E-state index is 5.78. The summed E-state index contributed by atoms with van der Waals surface area (Å²) in [6, 6.07) is 8.02. The summed E-state index contributed by atoms with van der Waals surface area (Å²) in [4.78, 5) is 4.47. The summed E-state index contributed by atoms with van der Waals surface area (Å²) in [6.45, 7) is 2.06. The van der Waals surface area contributed by atoms with E-state index in [-0.39, 0.29) is 5.92 Å². The topological polar surface area (TPSA) is 63.6 Å². The predicted molar refractivity (Wildman–Crippen MR) is 81.4 cm³/mol.